The Morgan fingerprint density at radius 2 is 1.85 bits per heavy atom. The Morgan fingerprint density at radius 3 is 2.60 bits per heavy atom. The second kappa shape index (κ2) is 9.35. The second-order valence-electron chi connectivity index (χ2n) is 6.21. The van der Waals surface area contributed by atoms with Crippen LogP contribution in [0.3, 0.4) is 0 Å². The third-order valence-electron chi connectivity index (χ3n) is 4.57. The van der Waals surface area contributed by atoms with Gasteiger partial charge in [0.15, 0.2) is 0 Å². The topological polar surface area (TPSA) is 50.4 Å². The van der Waals surface area contributed by atoms with Gasteiger partial charge in [-0.15, -0.1) is 0 Å². The van der Waals surface area contributed by atoms with Crippen LogP contribution in [0.15, 0.2) is 0 Å². The molecule has 116 valence electrons. The Balaban J connectivity index is 1.45. The molecule has 1 aliphatic carbocycles. The van der Waals surface area contributed by atoms with E-state index in [9.17, 15) is 4.79 Å². The smallest absolute Gasteiger partial charge is 0.220 e. The molecule has 1 heterocycles. The third kappa shape index (κ3) is 6.23. The highest BCUT2D eigenvalue weighted by Gasteiger charge is 2.15. The number of nitrogens with one attached hydrogen (secondary N) is 2. The summed E-state index contributed by atoms with van der Waals surface area (Å²) in [7, 11) is 0. The molecule has 0 aromatic rings. The highest BCUT2D eigenvalue weighted by atomic mass is 16.5. The monoisotopic (exact) mass is 282 g/mol. The predicted molar refractivity (Wildman–Crippen MR) is 80.7 cm³/mol. The van der Waals surface area contributed by atoms with E-state index in [2.05, 4.69) is 10.6 Å². The van der Waals surface area contributed by atoms with Crippen LogP contribution in [0.5, 0.6) is 0 Å². The van der Waals surface area contributed by atoms with E-state index in [0.29, 0.717) is 25.7 Å². The molecule has 0 bridgehead atoms. The number of carbonyl (C=O) groups excluding carboxylic acids is 1. The lowest BCUT2D eigenvalue weighted by molar-refractivity contribution is -0.121. The second-order valence-corrected chi connectivity index (χ2v) is 6.21. The SMILES string of the molecule is O=C(CCC1CCCCC1)NCCOC1CCNCC1. The largest absolute Gasteiger partial charge is 0.376 e. The lowest BCUT2D eigenvalue weighted by Crippen LogP contribution is -2.34. The molecule has 1 saturated carbocycles. The molecule has 0 aromatic carbocycles. The summed E-state index contributed by atoms with van der Waals surface area (Å²) in [6.45, 7) is 3.42. The van der Waals surface area contributed by atoms with Gasteiger partial charge < -0.3 is 15.4 Å². The first-order valence-corrected chi connectivity index (χ1v) is 8.43. The number of amides is 1. The summed E-state index contributed by atoms with van der Waals surface area (Å²) in [4.78, 5) is 11.8. The Morgan fingerprint density at radius 1 is 1.10 bits per heavy atom. The van der Waals surface area contributed by atoms with Crippen LogP contribution in [0.2, 0.25) is 0 Å². The van der Waals surface area contributed by atoms with E-state index < -0.39 is 0 Å². The lowest BCUT2D eigenvalue weighted by atomic mass is 9.86. The normalized spacial score (nSPS) is 21.8. The average molecular weight is 282 g/mol. The van der Waals surface area contributed by atoms with E-state index in [4.69, 9.17) is 4.74 Å². The van der Waals surface area contributed by atoms with Gasteiger partial charge in [-0.25, -0.2) is 0 Å². The van der Waals surface area contributed by atoms with Gasteiger partial charge in [0.05, 0.1) is 12.7 Å². The maximum Gasteiger partial charge on any atom is 0.220 e. The van der Waals surface area contributed by atoms with Crippen molar-refractivity contribution in [3.8, 4) is 0 Å². The molecular formula is C16H30N2O2. The molecule has 4 heteroatoms. The van der Waals surface area contributed by atoms with Gasteiger partial charge in [-0.2, -0.15) is 0 Å². The minimum atomic E-state index is 0.199. The summed E-state index contributed by atoms with van der Waals surface area (Å²) < 4.78 is 5.77. The van der Waals surface area contributed by atoms with Crippen molar-refractivity contribution in [3.63, 3.8) is 0 Å². The Hall–Kier alpha value is -0.610. The van der Waals surface area contributed by atoms with Crippen LogP contribution < -0.4 is 10.6 Å². The van der Waals surface area contributed by atoms with Crippen molar-refractivity contribution in [2.75, 3.05) is 26.2 Å². The number of ether oxygens (including phenoxy) is 1. The van der Waals surface area contributed by atoms with Crippen LogP contribution in [0.1, 0.15) is 57.8 Å². The molecule has 2 fully saturated rings. The summed E-state index contributed by atoms with van der Waals surface area (Å²) in [6, 6.07) is 0. The van der Waals surface area contributed by atoms with Gasteiger partial charge in [0.2, 0.25) is 5.91 Å². The molecule has 20 heavy (non-hydrogen) atoms. The molecule has 2 N–H and O–H groups in total. The van der Waals surface area contributed by atoms with Gasteiger partial charge in [0.25, 0.3) is 0 Å². The van der Waals surface area contributed by atoms with Crippen LogP contribution in [0, 0.1) is 5.92 Å². The molecule has 0 aromatic heterocycles. The van der Waals surface area contributed by atoms with Crippen molar-refractivity contribution < 1.29 is 9.53 Å². The molecule has 0 radical (unpaired) electrons. The van der Waals surface area contributed by atoms with Gasteiger partial charge >= 0.3 is 0 Å². The van der Waals surface area contributed by atoms with E-state index in [-0.39, 0.29) is 5.91 Å². The summed E-state index contributed by atoms with van der Waals surface area (Å²) in [5, 5.41) is 6.30. The summed E-state index contributed by atoms with van der Waals surface area (Å²) >= 11 is 0. The fourth-order valence-corrected chi connectivity index (χ4v) is 3.28. The standard InChI is InChI=1S/C16H30N2O2/c19-16(7-6-14-4-2-1-3-5-14)18-12-13-20-15-8-10-17-11-9-15/h14-15,17H,1-13H2,(H,18,19). The molecule has 2 rings (SSSR count). The summed E-state index contributed by atoms with van der Waals surface area (Å²) in [5.74, 6) is 0.991. The fourth-order valence-electron chi connectivity index (χ4n) is 3.28. The summed E-state index contributed by atoms with van der Waals surface area (Å²) in [6.07, 6.45) is 11.1. The van der Waals surface area contributed by atoms with Gasteiger partial charge in [-0.1, -0.05) is 32.1 Å². The summed E-state index contributed by atoms with van der Waals surface area (Å²) in [5.41, 5.74) is 0. The van der Waals surface area contributed by atoms with Crippen molar-refractivity contribution in [1.82, 2.24) is 10.6 Å². The van der Waals surface area contributed by atoms with Gasteiger partial charge in [0.1, 0.15) is 0 Å². The number of hydrogen-bond donors (Lipinski definition) is 2. The Bertz CT molecular complexity index is 272. The molecule has 4 nitrogen and oxygen atoms in total. The molecule has 2 aliphatic rings. The zero-order valence-electron chi connectivity index (χ0n) is 12.7. The number of rotatable bonds is 7. The van der Waals surface area contributed by atoms with E-state index in [1.54, 1.807) is 0 Å². The van der Waals surface area contributed by atoms with Crippen LogP contribution in [-0.4, -0.2) is 38.3 Å². The number of piperidine rings is 1. The van der Waals surface area contributed by atoms with Gasteiger partial charge in [0, 0.05) is 13.0 Å². The molecule has 1 saturated heterocycles. The maximum atomic E-state index is 11.8. The predicted octanol–water partition coefficient (Wildman–Crippen LogP) is 2.23. The fraction of sp³-hybridized carbons (Fsp3) is 0.938. The number of hydrogen-bond acceptors (Lipinski definition) is 3. The van der Waals surface area contributed by atoms with E-state index in [1.165, 1.54) is 32.1 Å². The van der Waals surface area contributed by atoms with E-state index >= 15 is 0 Å². The lowest BCUT2D eigenvalue weighted by Gasteiger charge is -2.23. The third-order valence-corrected chi connectivity index (χ3v) is 4.57. The zero-order valence-corrected chi connectivity index (χ0v) is 12.7. The van der Waals surface area contributed by atoms with Crippen LogP contribution in [0.25, 0.3) is 0 Å². The molecule has 1 aliphatic heterocycles. The van der Waals surface area contributed by atoms with Crippen LogP contribution in [0.4, 0.5) is 0 Å². The average Bonchev–Trinajstić information content (AvgIpc) is 2.52. The minimum Gasteiger partial charge on any atom is -0.376 e. The molecular weight excluding hydrogens is 252 g/mol. The Kier molecular flexibility index (Phi) is 7.37. The minimum absolute atomic E-state index is 0.199. The molecule has 0 spiro atoms. The van der Waals surface area contributed by atoms with Crippen LogP contribution >= 0.6 is 0 Å². The molecule has 0 atom stereocenters. The first-order valence-electron chi connectivity index (χ1n) is 8.43. The quantitative estimate of drug-likeness (QED) is 0.704. The first kappa shape index (κ1) is 15.8. The van der Waals surface area contributed by atoms with Crippen molar-refractivity contribution in [2.45, 2.75) is 63.9 Å². The van der Waals surface area contributed by atoms with Crippen LogP contribution in [-0.2, 0) is 9.53 Å². The molecule has 1 amide bonds. The van der Waals surface area contributed by atoms with Gasteiger partial charge in [-0.05, 0) is 38.3 Å². The number of carbonyl (C=O) groups is 1. The van der Waals surface area contributed by atoms with Crippen molar-refractivity contribution in [2.24, 2.45) is 5.92 Å². The zero-order chi connectivity index (χ0) is 14.0. The van der Waals surface area contributed by atoms with Gasteiger partial charge in [-0.3, -0.25) is 4.79 Å². The highest BCUT2D eigenvalue weighted by molar-refractivity contribution is 5.75. The van der Waals surface area contributed by atoms with Crippen molar-refractivity contribution in [1.29, 1.82) is 0 Å². The maximum absolute atomic E-state index is 11.8. The first-order chi connectivity index (χ1) is 9.84. The van der Waals surface area contributed by atoms with E-state index in [1.807, 2.05) is 0 Å². The van der Waals surface area contributed by atoms with Crippen molar-refractivity contribution in [3.05, 3.63) is 0 Å². The van der Waals surface area contributed by atoms with E-state index in [0.717, 1.165) is 38.3 Å². The van der Waals surface area contributed by atoms with Crippen molar-refractivity contribution >= 4 is 5.91 Å². The molecule has 0 unspecified atom stereocenters. The highest BCUT2D eigenvalue weighted by Crippen LogP contribution is 2.27. The Labute approximate surface area is 123 Å².